The van der Waals surface area contributed by atoms with Crippen molar-refractivity contribution in [3.05, 3.63) is 52.2 Å². The summed E-state index contributed by atoms with van der Waals surface area (Å²) in [7, 11) is 0. The summed E-state index contributed by atoms with van der Waals surface area (Å²) in [5.41, 5.74) is 4.19. The zero-order valence-electron chi connectivity index (χ0n) is 12.2. The molecule has 0 fully saturated rings. The van der Waals surface area contributed by atoms with Gasteiger partial charge in [-0.15, -0.1) is 11.3 Å². The molecule has 0 aliphatic rings. The SMILES string of the molecule is CCNC(Cc1nc(C)cs1)c1cccc2nccnc12. The van der Waals surface area contributed by atoms with Gasteiger partial charge in [0.1, 0.15) is 0 Å². The second kappa shape index (κ2) is 6.28. The molecule has 1 aromatic carbocycles. The van der Waals surface area contributed by atoms with Gasteiger partial charge in [0.2, 0.25) is 0 Å². The van der Waals surface area contributed by atoms with Crippen molar-refractivity contribution in [3.63, 3.8) is 0 Å². The van der Waals surface area contributed by atoms with Gasteiger partial charge in [-0.3, -0.25) is 9.97 Å². The number of aromatic nitrogens is 3. The van der Waals surface area contributed by atoms with Crippen LogP contribution >= 0.6 is 11.3 Å². The molecule has 0 aliphatic carbocycles. The third-order valence-electron chi connectivity index (χ3n) is 3.40. The van der Waals surface area contributed by atoms with Crippen molar-refractivity contribution in [2.75, 3.05) is 6.54 Å². The lowest BCUT2D eigenvalue weighted by Crippen LogP contribution is -2.23. The second-order valence-electron chi connectivity index (χ2n) is 4.97. The second-order valence-corrected chi connectivity index (χ2v) is 5.91. The topological polar surface area (TPSA) is 50.7 Å². The Labute approximate surface area is 128 Å². The molecule has 1 unspecified atom stereocenters. The first-order chi connectivity index (χ1) is 10.3. The van der Waals surface area contributed by atoms with Crippen LogP contribution in [0.25, 0.3) is 11.0 Å². The molecule has 108 valence electrons. The fourth-order valence-corrected chi connectivity index (χ4v) is 3.32. The summed E-state index contributed by atoms with van der Waals surface area (Å²) < 4.78 is 0. The summed E-state index contributed by atoms with van der Waals surface area (Å²) in [5.74, 6) is 0. The van der Waals surface area contributed by atoms with Crippen LogP contribution in [0.3, 0.4) is 0 Å². The van der Waals surface area contributed by atoms with E-state index >= 15 is 0 Å². The summed E-state index contributed by atoms with van der Waals surface area (Å²) in [6.07, 6.45) is 4.36. The zero-order valence-corrected chi connectivity index (χ0v) is 13.0. The molecule has 0 saturated carbocycles. The number of nitrogens with zero attached hydrogens (tertiary/aromatic N) is 3. The third kappa shape index (κ3) is 3.09. The van der Waals surface area contributed by atoms with Crippen molar-refractivity contribution >= 4 is 22.4 Å². The van der Waals surface area contributed by atoms with Crippen molar-refractivity contribution in [2.24, 2.45) is 0 Å². The fourth-order valence-electron chi connectivity index (χ4n) is 2.51. The lowest BCUT2D eigenvalue weighted by atomic mass is 10.0. The average molecular weight is 298 g/mol. The molecular weight excluding hydrogens is 280 g/mol. The van der Waals surface area contributed by atoms with E-state index in [0.717, 1.165) is 34.7 Å². The minimum absolute atomic E-state index is 0.209. The Hall–Kier alpha value is -1.85. The molecule has 0 saturated heterocycles. The standard InChI is InChI=1S/C16H18N4S/c1-3-17-14(9-15-20-11(2)10-21-15)12-5-4-6-13-16(12)19-8-7-18-13/h4-8,10,14,17H,3,9H2,1-2H3. The summed E-state index contributed by atoms with van der Waals surface area (Å²) in [6, 6.07) is 6.39. The van der Waals surface area contributed by atoms with Gasteiger partial charge < -0.3 is 5.32 Å². The lowest BCUT2D eigenvalue weighted by Gasteiger charge is -2.18. The Bertz CT molecular complexity index is 732. The first-order valence-corrected chi connectivity index (χ1v) is 8.00. The van der Waals surface area contributed by atoms with Crippen LogP contribution in [0.1, 0.15) is 29.2 Å². The average Bonchev–Trinajstić information content (AvgIpc) is 2.91. The minimum Gasteiger partial charge on any atom is -0.310 e. The van der Waals surface area contributed by atoms with E-state index in [0.29, 0.717) is 0 Å². The van der Waals surface area contributed by atoms with Crippen molar-refractivity contribution in [2.45, 2.75) is 26.3 Å². The van der Waals surface area contributed by atoms with Crippen molar-refractivity contribution in [3.8, 4) is 0 Å². The summed E-state index contributed by atoms with van der Waals surface area (Å²) in [6.45, 7) is 5.06. The molecule has 3 rings (SSSR count). The maximum absolute atomic E-state index is 4.58. The number of thiazole rings is 1. The van der Waals surface area contributed by atoms with Gasteiger partial charge in [-0.2, -0.15) is 0 Å². The number of benzene rings is 1. The Balaban J connectivity index is 1.98. The van der Waals surface area contributed by atoms with E-state index in [1.807, 2.05) is 19.1 Å². The summed E-state index contributed by atoms with van der Waals surface area (Å²) in [5, 5.41) is 6.80. The molecule has 1 atom stereocenters. The van der Waals surface area contributed by atoms with E-state index in [1.54, 1.807) is 23.7 Å². The smallest absolute Gasteiger partial charge is 0.0947 e. The number of aryl methyl sites for hydroxylation is 1. The molecule has 0 spiro atoms. The van der Waals surface area contributed by atoms with Crippen LogP contribution in [0.4, 0.5) is 0 Å². The van der Waals surface area contributed by atoms with E-state index in [4.69, 9.17) is 0 Å². The molecule has 3 aromatic rings. The largest absolute Gasteiger partial charge is 0.310 e. The van der Waals surface area contributed by atoms with Gasteiger partial charge in [0.15, 0.2) is 0 Å². The Morgan fingerprint density at radius 1 is 1.24 bits per heavy atom. The molecule has 2 aromatic heterocycles. The highest BCUT2D eigenvalue weighted by Gasteiger charge is 2.16. The van der Waals surface area contributed by atoms with E-state index in [1.165, 1.54) is 5.56 Å². The number of nitrogens with one attached hydrogen (secondary N) is 1. The fraction of sp³-hybridized carbons (Fsp3) is 0.312. The molecule has 0 bridgehead atoms. The summed E-state index contributed by atoms with van der Waals surface area (Å²) >= 11 is 1.72. The number of fused-ring (bicyclic) bond motifs is 1. The normalized spacial score (nSPS) is 12.7. The highest BCUT2D eigenvalue weighted by molar-refractivity contribution is 7.09. The molecule has 0 aliphatic heterocycles. The zero-order chi connectivity index (χ0) is 14.7. The van der Waals surface area contributed by atoms with Crippen LogP contribution in [0.5, 0.6) is 0 Å². The minimum atomic E-state index is 0.209. The molecular formula is C16H18N4S. The first-order valence-electron chi connectivity index (χ1n) is 7.12. The molecule has 0 radical (unpaired) electrons. The predicted octanol–water partition coefficient (Wildman–Crippen LogP) is 3.29. The lowest BCUT2D eigenvalue weighted by molar-refractivity contribution is 0.551. The monoisotopic (exact) mass is 298 g/mol. The number of hydrogen-bond acceptors (Lipinski definition) is 5. The van der Waals surface area contributed by atoms with Gasteiger partial charge >= 0.3 is 0 Å². The first kappa shape index (κ1) is 14.1. The maximum Gasteiger partial charge on any atom is 0.0947 e. The molecule has 0 amide bonds. The van der Waals surface area contributed by atoms with Crippen molar-refractivity contribution < 1.29 is 0 Å². The van der Waals surface area contributed by atoms with E-state index in [9.17, 15) is 0 Å². The van der Waals surface area contributed by atoms with Crippen LogP contribution in [-0.4, -0.2) is 21.5 Å². The number of hydrogen-bond donors (Lipinski definition) is 1. The van der Waals surface area contributed by atoms with E-state index < -0.39 is 0 Å². The Morgan fingerprint density at radius 2 is 2.10 bits per heavy atom. The number of rotatable bonds is 5. The van der Waals surface area contributed by atoms with Gasteiger partial charge in [0.25, 0.3) is 0 Å². The van der Waals surface area contributed by atoms with Crippen LogP contribution in [-0.2, 0) is 6.42 Å². The predicted molar refractivity (Wildman–Crippen MR) is 86.5 cm³/mol. The quantitative estimate of drug-likeness (QED) is 0.785. The van der Waals surface area contributed by atoms with Gasteiger partial charge in [0, 0.05) is 35.9 Å². The van der Waals surface area contributed by atoms with Crippen LogP contribution in [0, 0.1) is 6.92 Å². The molecule has 4 nitrogen and oxygen atoms in total. The van der Waals surface area contributed by atoms with Crippen molar-refractivity contribution in [1.82, 2.24) is 20.3 Å². The molecule has 2 heterocycles. The van der Waals surface area contributed by atoms with Crippen LogP contribution in [0.15, 0.2) is 36.0 Å². The Kier molecular flexibility index (Phi) is 4.22. The Morgan fingerprint density at radius 3 is 2.86 bits per heavy atom. The van der Waals surface area contributed by atoms with Gasteiger partial charge in [0.05, 0.1) is 16.0 Å². The number of para-hydroxylation sites is 1. The maximum atomic E-state index is 4.58. The third-order valence-corrected chi connectivity index (χ3v) is 4.39. The highest BCUT2D eigenvalue weighted by Crippen LogP contribution is 2.25. The van der Waals surface area contributed by atoms with Gasteiger partial charge in [-0.1, -0.05) is 19.1 Å². The van der Waals surface area contributed by atoms with E-state index in [2.05, 4.69) is 38.6 Å². The van der Waals surface area contributed by atoms with Gasteiger partial charge in [-0.05, 0) is 25.1 Å². The molecule has 1 N–H and O–H groups in total. The highest BCUT2D eigenvalue weighted by atomic mass is 32.1. The van der Waals surface area contributed by atoms with Crippen molar-refractivity contribution in [1.29, 1.82) is 0 Å². The van der Waals surface area contributed by atoms with Gasteiger partial charge in [-0.25, -0.2) is 4.98 Å². The number of likely N-dealkylation sites (N-methyl/N-ethyl adjacent to an activating group) is 1. The molecule has 5 heteroatoms. The summed E-state index contributed by atoms with van der Waals surface area (Å²) in [4.78, 5) is 13.5. The van der Waals surface area contributed by atoms with Crippen LogP contribution in [0.2, 0.25) is 0 Å². The van der Waals surface area contributed by atoms with E-state index in [-0.39, 0.29) is 6.04 Å². The van der Waals surface area contributed by atoms with Crippen LogP contribution < -0.4 is 5.32 Å². The molecule has 21 heavy (non-hydrogen) atoms.